The van der Waals surface area contributed by atoms with Gasteiger partial charge in [-0.2, -0.15) is 0 Å². The van der Waals surface area contributed by atoms with Crippen LogP contribution < -0.4 is 5.32 Å². The van der Waals surface area contributed by atoms with Gasteiger partial charge < -0.3 is 15.5 Å². The molecule has 3 N–H and O–H groups in total. The van der Waals surface area contributed by atoms with E-state index >= 15 is 0 Å². The molecule has 0 spiro atoms. The third kappa shape index (κ3) is 3.11. The molecule has 0 saturated carbocycles. The molecule has 2 atom stereocenters. The molecule has 1 aliphatic rings. The molecule has 5 heteroatoms. The number of aliphatic hydroxyl groups excluding tert-OH is 2. The number of benzene rings is 1. The van der Waals surface area contributed by atoms with Crippen LogP contribution in [0.5, 0.6) is 0 Å². The van der Waals surface area contributed by atoms with Gasteiger partial charge in [-0.1, -0.05) is 24.3 Å². The van der Waals surface area contributed by atoms with Gasteiger partial charge in [0.2, 0.25) is 5.91 Å². The van der Waals surface area contributed by atoms with Crippen LogP contribution in [0.25, 0.3) is 6.08 Å². The number of carbonyl (C=O) groups is 1. The molecule has 1 aliphatic carbocycles. The normalized spacial score (nSPS) is 20.3. The van der Waals surface area contributed by atoms with Gasteiger partial charge in [-0.25, -0.2) is 0 Å². The molecule has 0 radical (unpaired) electrons. The van der Waals surface area contributed by atoms with Crippen molar-refractivity contribution in [3.63, 3.8) is 0 Å². The first kappa shape index (κ1) is 15.0. The van der Waals surface area contributed by atoms with Gasteiger partial charge in [-0.15, -0.1) is 11.3 Å². The molecule has 1 heterocycles. The summed E-state index contributed by atoms with van der Waals surface area (Å²) in [5, 5.41) is 23.8. The van der Waals surface area contributed by atoms with E-state index in [2.05, 4.69) is 5.32 Å². The summed E-state index contributed by atoms with van der Waals surface area (Å²) in [6, 6.07) is 9.24. The lowest BCUT2D eigenvalue weighted by molar-refractivity contribution is -0.117. The monoisotopic (exact) mass is 315 g/mol. The van der Waals surface area contributed by atoms with E-state index in [9.17, 15) is 9.90 Å². The van der Waals surface area contributed by atoms with Gasteiger partial charge in [0.05, 0.1) is 18.8 Å². The summed E-state index contributed by atoms with van der Waals surface area (Å²) in [6.07, 6.45) is 3.15. The first-order valence-electron chi connectivity index (χ1n) is 7.10. The van der Waals surface area contributed by atoms with E-state index in [-0.39, 0.29) is 18.6 Å². The van der Waals surface area contributed by atoms with Crippen LogP contribution in [0.15, 0.2) is 41.8 Å². The molecule has 0 bridgehead atoms. The zero-order chi connectivity index (χ0) is 15.5. The molecule has 114 valence electrons. The van der Waals surface area contributed by atoms with Gasteiger partial charge in [0, 0.05) is 17.4 Å². The van der Waals surface area contributed by atoms with Crippen LogP contribution in [0.2, 0.25) is 0 Å². The number of hydrogen-bond donors (Lipinski definition) is 3. The number of aliphatic hydroxyl groups is 2. The summed E-state index contributed by atoms with van der Waals surface area (Å²) in [7, 11) is 0. The summed E-state index contributed by atoms with van der Waals surface area (Å²) in [5.41, 5.74) is 2.90. The molecule has 0 aliphatic heterocycles. The predicted octanol–water partition coefficient (Wildman–Crippen LogP) is 2.03. The van der Waals surface area contributed by atoms with Crippen LogP contribution in [0.4, 0.5) is 0 Å². The van der Waals surface area contributed by atoms with Crippen molar-refractivity contribution >= 4 is 23.3 Å². The Labute approximate surface area is 132 Å². The van der Waals surface area contributed by atoms with Crippen molar-refractivity contribution in [2.45, 2.75) is 25.2 Å². The van der Waals surface area contributed by atoms with E-state index in [1.54, 1.807) is 6.08 Å². The lowest BCUT2D eigenvalue weighted by atomic mass is 10.1. The fourth-order valence-corrected chi connectivity index (χ4v) is 3.47. The molecule has 2 aromatic rings. The fraction of sp³-hybridized carbons (Fsp3) is 0.235. The van der Waals surface area contributed by atoms with Crippen molar-refractivity contribution in [3.05, 3.63) is 63.4 Å². The topological polar surface area (TPSA) is 69.6 Å². The number of amides is 1. The minimum Gasteiger partial charge on any atom is -0.392 e. The molecule has 0 saturated heterocycles. The van der Waals surface area contributed by atoms with Crippen molar-refractivity contribution in [1.82, 2.24) is 5.32 Å². The van der Waals surface area contributed by atoms with Gasteiger partial charge in [0.15, 0.2) is 0 Å². The Morgan fingerprint density at radius 2 is 2.23 bits per heavy atom. The molecule has 4 nitrogen and oxygen atoms in total. The van der Waals surface area contributed by atoms with E-state index in [0.29, 0.717) is 6.42 Å². The van der Waals surface area contributed by atoms with Crippen LogP contribution in [0.3, 0.4) is 0 Å². The fourth-order valence-electron chi connectivity index (χ4n) is 2.67. The zero-order valence-corrected chi connectivity index (χ0v) is 12.7. The highest BCUT2D eigenvalue weighted by Gasteiger charge is 2.31. The standard InChI is InChI=1S/C17H17NO3S/c19-9-11-7-13(22-10-11)5-6-16(21)18-17-14-4-2-1-3-12(14)8-15(17)20/h1-7,10,15,17,19-20H,8-9H2,(H,18,21)/b6-5+/t15-,17-/m0/s1. The molecule has 0 fully saturated rings. The minimum atomic E-state index is -0.586. The summed E-state index contributed by atoms with van der Waals surface area (Å²) in [5.74, 6) is -0.236. The Balaban J connectivity index is 1.67. The molecule has 22 heavy (non-hydrogen) atoms. The summed E-state index contributed by atoms with van der Waals surface area (Å²) in [6.45, 7) is 0.00157. The third-order valence-electron chi connectivity index (χ3n) is 3.76. The number of fused-ring (bicyclic) bond motifs is 1. The summed E-state index contributed by atoms with van der Waals surface area (Å²) < 4.78 is 0. The van der Waals surface area contributed by atoms with Crippen LogP contribution in [-0.4, -0.2) is 22.2 Å². The number of nitrogens with one attached hydrogen (secondary N) is 1. The van der Waals surface area contributed by atoms with Crippen molar-refractivity contribution < 1.29 is 15.0 Å². The van der Waals surface area contributed by atoms with Gasteiger partial charge in [-0.3, -0.25) is 4.79 Å². The maximum Gasteiger partial charge on any atom is 0.244 e. The van der Waals surface area contributed by atoms with E-state index in [4.69, 9.17) is 5.11 Å². The van der Waals surface area contributed by atoms with E-state index in [1.165, 1.54) is 17.4 Å². The van der Waals surface area contributed by atoms with Gasteiger partial charge in [0.25, 0.3) is 0 Å². The van der Waals surface area contributed by atoms with Gasteiger partial charge in [0.1, 0.15) is 0 Å². The molecule has 1 aromatic heterocycles. The second-order valence-electron chi connectivity index (χ2n) is 5.31. The minimum absolute atomic E-state index is 0.00157. The van der Waals surface area contributed by atoms with Crippen molar-refractivity contribution in [2.75, 3.05) is 0 Å². The average Bonchev–Trinajstić information content (AvgIpc) is 3.10. The number of rotatable bonds is 4. The number of hydrogen-bond acceptors (Lipinski definition) is 4. The second kappa shape index (κ2) is 6.44. The number of carbonyl (C=O) groups excluding carboxylic acids is 1. The molecular weight excluding hydrogens is 298 g/mol. The quantitative estimate of drug-likeness (QED) is 0.756. The molecule has 3 rings (SSSR count). The Hall–Kier alpha value is -1.95. The smallest absolute Gasteiger partial charge is 0.244 e. The molecule has 1 amide bonds. The van der Waals surface area contributed by atoms with E-state index < -0.39 is 6.10 Å². The summed E-state index contributed by atoms with van der Waals surface area (Å²) in [4.78, 5) is 13.0. The third-order valence-corrected chi connectivity index (χ3v) is 4.70. The maximum absolute atomic E-state index is 12.1. The SMILES string of the molecule is O=C(/C=C/c1cc(CO)cs1)N[C@H]1c2ccccc2C[C@@H]1O. The average molecular weight is 315 g/mol. The molecule has 1 aromatic carbocycles. The molecular formula is C17H17NO3S. The Morgan fingerprint density at radius 3 is 3.00 bits per heavy atom. The first-order valence-corrected chi connectivity index (χ1v) is 7.98. The van der Waals surface area contributed by atoms with Crippen LogP contribution in [-0.2, 0) is 17.8 Å². The first-order chi connectivity index (χ1) is 10.7. The zero-order valence-electron chi connectivity index (χ0n) is 11.9. The Morgan fingerprint density at radius 1 is 1.41 bits per heavy atom. The predicted molar refractivity (Wildman–Crippen MR) is 86.3 cm³/mol. The summed E-state index contributed by atoms with van der Waals surface area (Å²) >= 11 is 1.47. The molecule has 0 unspecified atom stereocenters. The highest BCUT2D eigenvalue weighted by molar-refractivity contribution is 7.11. The maximum atomic E-state index is 12.1. The van der Waals surface area contributed by atoms with Gasteiger partial charge >= 0.3 is 0 Å². The highest BCUT2D eigenvalue weighted by Crippen LogP contribution is 2.31. The Bertz CT molecular complexity index is 707. The lowest BCUT2D eigenvalue weighted by Crippen LogP contribution is -2.32. The van der Waals surface area contributed by atoms with Crippen molar-refractivity contribution in [2.24, 2.45) is 0 Å². The van der Waals surface area contributed by atoms with Crippen molar-refractivity contribution in [3.8, 4) is 0 Å². The number of thiophene rings is 1. The van der Waals surface area contributed by atoms with Crippen LogP contribution in [0, 0.1) is 0 Å². The highest BCUT2D eigenvalue weighted by atomic mass is 32.1. The van der Waals surface area contributed by atoms with Crippen molar-refractivity contribution in [1.29, 1.82) is 0 Å². The van der Waals surface area contributed by atoms with Crippen LogP contribution >= 0.6 is 11.3 Å². The van der Waals surface area contributed by atoms with Crippen LogP contribution in [0.1, 0.15) is 27.6 Å². The van der Waals surface area contributed by atoms with E-state index in [1.807, 2.05) is 35.7 Å². The largest absolute Gasteiger partial charge is 0.392 e. The van der Waals surface area contributed by atoms with E-state index in [0.717, 1.165) is 21.6 Å². The lowest BCUT2D eigenvalue weighted by Gasteiger charge is -2.16. The van der Waals surface area contributed by atoms with Gasteiger partial charge in [-0.05, 0) is 34.2 Å². The Kier molecular flexibility index (Phi) is 4.38. The second-order valence-corrected chi connectivity index (χ2v) is 6.25.